The second kappa shape index (κ2) is 5.38. The fourth-order valence-corrected chi connectivity index (χ4v) is 4.68. The number of urea groups is 1. The van der Waals surface area contributed by atoms with E-state index in [0.29, 0.717) is 19.5 Å². The second-order valence-corrected chi connectivity index (χ2v) is 8.22. The Bertz CT molecular complexity index is 745. The first-order valence-electron chi connectivity index (χ1n) is 8.90. The molecule has 6 nitrogen and oxygen atoms in total. The zero-order chi connectivity index (χ0) is 17.8. The van der Waals surface area contributed by atoms with Crippen molar-refractivity contribution in [2.75, 3.05) is 18.4 Å². The van der Waals surface area contributed by atoms with Crippen molar-refractivity contribution >= 4 is 17.7 Å². The molecule has 2 atom stereocenters. The van der Waals surface area contributed by atoms with E-state index in [1.165, 1.54) is 0 Å². The molecule has 2 fully saturated rings. The summed E-state index contributed by atoms with van der Waals surface area (Å²) < 4.78 is 5.86. The van der Waals surface area contributed by atoms with E-state index < -0.39 is 11.4 Å². The van der Waals surface area contributed by atoms with Gasteiger partial charge in [0.15, 0.2) is 0 Å². The van der Waals surface area contributed by atoms with Gasteiger partial charge in [-0.05, 0) is 50.8 Å². The van der Waals surface area contributed by atoms with Crippen LogP contribution >= 0.6 is 0 Å². The number of anilines is 1. The monoisotopic (exact) mass is 344 g/mol. The number of likely N-dealkylation sites (tertiary alicyclic amines) is 1. The Morgan fingerprint density at radius 2 is 2.16 bits per heavy atom. The Morgan fingerprint density at radius 3 is 2.88 bits per heavy atom. The van der Waals surface area contributed by atoms with E-state index >= 15 is 0 Å². The van der Waals surface area contributed by atoms with Crippen LogP contribution in [0.2, 0.25) is 0 Å². The van der Waals surface area contributed by atoms with Crippen LogP contribution in [-0.4, -0.2) is 40.7 Å². The minimum absolute atomic E-state index is 0.0740. The highest BCUT2D eigenvalue weighted by molar-refractivity contribution is 5.91. The highest BCUT2D eigenvalue weighted by Crippen LogP contribution is 2.49. The highest BCUT2D eigenvalue weighted by atomic mass is 16.5. The van der Waals surface area contributed by atoms with Gasteiger partial charge in [-0.3, -0.25) is 4.79 Å². The molecule has 0 spiro atoms. The molecule has 25 heavy (non-hydrogen) atoms. The molecular formula is C19H24N2O4. The van der Waals surface area contributed by atoms with Gasteiger partial charge in [-0.2, -0.15) is 0 Å². The van der Waals surface area contributed by atoms with E-state index in [0.717, 1.165) is 36.3 Å². The van der Waals surface area contributed by atoms with Gasteiger partial charge < -0.3 is 20.1 Å². The number of aliphatic carboxylic acids is 1. The maximum Gasteiger partial charge on any atom is 0.321 e. The third-order valence-electron chi connectivity index (χ3n) is 5.90. The largest absolute Gasteiger partial charge is 0.487 e. The summed E-state index contributed by atoms with van der Waals surface area (Å²) in [6, 6.07) is 5.46. The molecule has 0 radical (unpaired) electrons. The Hall–Kier alpha value is -2.24. The van der Waals surface area contributed by atoms with Crippen LogP contribution < -0.4 is 10.1 Å². The molecule has 134 valence electrons. The standard InChI is InChI=1S/C19H24N2O4/c1-18(2)9-12-8-14(5-6-15(12)25-18)20-17(24)21-10-13-4-3-7-19(13,11-21)16(22)23/h5-6,8,13H,3-4,7,9-11H2,1-2H3,(H,20,24)(H,22,23)/t13-,19+/m0/s1. The van der Waals surface area contributed by atoms with Crippen LogP contribution in [0.15, 0.2) is 18.2 Å². The number of ether oxygens (including phenoxy) is 1. The quantitative estimate of drug-likeness (QED) is 0.864. The van der Waals surface area contributed by atoms with Crippen molar-refractivity contribution in [3.05, 3.63) is 23.8 Å². The van der Waals surface area contributed by atoms with Crippen molar-refractivity contribution in [1.82, 2.24) is 4.90 Å². The van der Waals surface area contributed by atoms with Crippen LogP contribution in [-0.2, 0) is 11.2 Å². The van der Waals surface area contributed by atoms with Crippen LogP contribution in [0.4, 0.5) is 10.5 Å². The second-order valence-electron chi connectivity index (χ2n) is 8.22. The van der Waals surface area contributed by atoms with Gasteiger partial charge in [0.05, 0.1) is 5.41 Å². The minimum atomic E-state index is -0.762. The number of carboxylic acid groups (broad SMARTS) is 1. The molecule has 0 unspecified atom stereocenters. The molecule has 1 saturated carbocycles. The van der Waals surface area contributed by atoms with E-state index in [9.17, 15) is 14.7 Å². The number of hydrogen-bond acceptors (Lipinski definition) is 3. The van der Waals surface area contributed by atoms with E-state index in [-0.39, 0.29) is 17.6 Å². The normalized spacial score (nSPS) is 29.0. The highest BCUT2D eigenvalue weighted by Gasteiger charge is 2.55. The van der Waals surface area contributed by atoms with Crippen molar-refractivity contribution in [2.24, 2.45) is 11.3 Å². The van der Waals surface area contributed by atoms with E-state index in [1.54, 1.807) is 4.90 Å². The lowest BCUT2D eigenvalue weighted by molar-refractivity contribution is -0.149. The number of benzene rings is 1. The van der Waals surface area contributed by atoms with Gasteiger partial charge in [-0.25, -0.2) is 4.79 Å². The first kappa shape index (κ1) is 16.2. The smallest absolute Gasteiger partial charge is 0.321 e. The minimum Gasteiger partial charge on any atom is -0.487 e. The van der Waals surface area contributed by atoms with Crippen LogP contribution in [0.3, 0.4) is 0 Å². The molecule has 0 aromatic heterocycles. The predicted octanol–water partition coefficient (Wildman–Crippen LogP) is 3.12. The molecular weight excluding hydrogens is 320 g/mol. The molecule has 2 heterocycles. The third-order valence-corrected chi connectivity index (χ3v) is 5.90. The van der Waals surface area contributed by atoms with Gasteiger partial charge in [-0.1, -0.05) is 6.42 Å². The molecule has 3 aliphatic rings. The summed E-state index contributed by atoms with van der Waals surface area (Å²) in [5, 5.41) is 12.6. The Balaban J connectivity index is 1.46. The fraction of sp³-hybridized carbons (Fsp3) is 0.579. The molecule has 2 amide bonds. The zero-order valence-corrected chi connectivity index (χ0v) is 14.7. The van der Waals surface area contributed by atoms with Crippen LogP contribution in [0.25, 0.3) is 0 Å². The number of carbonyl (C=O) groups is 2. The number of nitrogens with zero attached hydrogens (tertiary/aromatic N) is 1. The molecule has 2 aliphatic heterocycles. The van der Waals surface area contributed by atoms with Crippen LogP contribution in [0.1, 0.15) is 38.7 Å². The van der Waals surface area contributed by atoms with Gasteiger partial charge in [0.2, 0.25) is 0 Å². The Kier molecular flexibility index (Phi) is 3.49. The summed E-state index contributed by atoms with van der Waals surface area (Å²) in [4.78, 5) is 26.0. The maximum atomic E-state index is 12.6. The average molecular weight is 344 g/mol. The van der Waals surface area contributed by atoms with E-state index in [1.807, 2.05) is 32.0 Å². The summed E-state index contributed by atoms with van der Waals surface area (Å²) in [5.41, 5.74) is 0.854. The first-order valence-corrected chi connectivity index (χ1v) is 8.90. The van der Waals surface area contributed by atoms with Gasteiger partial charge in [0.1, 0.15) is 11.4 Å². The molecule has 6 heteroatoms. The number of hydrogen-bond donors (Lipinski definition) is 2. The number of carbonyl (C=O) groups excluding carboxylic acids is 1. The number of carboxylic acids is 1. The number of nitrogens with one attached hydrogen (secondary N) is 1. The molecule has 1 saturated heterocycles. The molecule has 0 bridgehead atoms. The summed E-state index contributed by atoms with van der Waals surface area (Å²) >= 11 is 0. The molecule has 2 N–H and O–H groups in total. The lowest BCUT2D eigenvalue weighted by Gasteiger charge is -2.23. The van der Waals surface area contributed by atoms with Crippen LogP contribution in [0, 0.1) is 11.3 Å². The summed E-state index contributed by atoms with van der Waals surface area (Å²) in [6.07, 6.45) is 3.30. The predicted molar refractivity (Wildman–Crippen MR) is 92.9 cm³/mol. The number of amides is 2. The summed E-state index contributed by atoms with van der Waals surface area (Å²) in [6.45, 7) is 4.91. The van der Waals surface area contributed by atoms with Crippen LogP contribution in [0.5, 0.6) is 5.75 Å². The van der Waals surface area contributed by atoms with Gasteiger partial charge in [-0.15, -0.1) is 0 Å². The third kappa shape index (κ3) is 2.64. The summed E-state index contributed by atoms with van der Waals surface area (Å²) in [7, 11) is 0. The van der Waals surface area contributed by atoms with Crippen molar-refractivity contribution in [1.29, 1.82) is 0 Å². The lowest BCUT2D eigenvalue weighted by Crippen LogP contribution is -2.38. The van der Waals surface area contributed by atoms with Gasteiger partial charge in [0, 0.05) is 30.8 Å². The molecule has 1 aliphatic carbocycles. The topological polar surface area (TPSA) is 78.9 Å². The zero-order valence-electron chi connectivity index (χ0n) is 14.7. The summed E-state index contributed by atoms with van der Waals surface area (Å²) in [5.74, 6) is 0.177. The number of rotatable bonds is 2. The molecule has 1 aromatic carbocycles. The Morgan fingerprint density at radius 1 is 1.36 bits per heavy atom. The molecule has 4 rings (SSSR count). The maximum absolute atomic E-state index is 12.6. The SMILES string of the molecule is CC1(C)Cc2cc(NC(=O)N3C[C@@H]4CCC[C@@]4(C(=O)O)C3)ccc2O1. The van der Waals surface area contributed by atoms with Crippen molar-refractivity contribution in [3.8, 4) is 5.75 Å². The van der Waals surface area contributed by atoms with Crippen molar-refractivity contribution in [2.45, 2.75) is 45.1 Å². The number of fused-ring (bicyclic) bond motifs is 2. The van der Waals surface area contributed by atoms with Gasteiger partial charge in [0.25, 0.3) is 0 Å². The van der Waals surface area contributed by atoms with Crippen molar-refractivity contribution in [3.63, 3.8) is 0 Å². The average Bonchev–Trinajstić information content (AvgIpc) is 3.15. The van der Waals surface area contributed by atoms with E-state index in [4.69, 9.17) is 4.74 Å². The first-order chi connectivity index (χ1) is 11.8. The van der Waals surface area contributed by atoms with Crippen molar-refractivity contribution < 1.29 is 19.4 Å². The molecule has 1 aromatic rings. The Labute approximate surface area is 147 Å². The fourth-order valence-electron chi connectivity index (χ4n) is 4.68. The lowest BCUT2D eigenvalue weighted by atomic mass is 9.81. The van der Waals surface area contributed by atoms with Gasteiger partial charge >= 0.3 is 12.0 Å². The van der Waals surface area contributed by atoms with E-state index in [2.05, 4.69) is 5.32 Å².